The number of allylic oxidation sites excluding steroid dienone is 1. The van der Waals surface area contributed by atoms with E-state index in [-0.39, 0.29) is 18.3 Å². The number of hydrogen-bond acceptors (Lipinski definition) is 3. The predicted octanol–water partition coefficient (Wildman–Crippen LogP) is 6.18. The maximum Gasteiger partial charge on any atom is 0.417 e. The summed E-state index contributed by atoms with van der Waals surface area (Å²) in [6, 6.07) is 0. The Morgan fingerprint density at radius 3 is 2.52 bits per heavy atom. The Kier molecular flexibility index (Phi) is 5.82. The molecule has 3 saturated carbocycles. The molecule has 0 aromatic carbocycles. The molecule has 5 rings (SSSR count). The molecule has 188 valence electrons. The molecule has 33 heavy (non-hydrogen) atoms. The molecule has 3 nitrogen and oxygen atoms in total. The summed E-state index contributed by atoms with van der Waals surface area (Å²) in [4.78, 5) is 0. The number of alkyl halides is 3. The zero-order chi connectivity index (χ0) is 23.7. The molecule has 8 atom stereocenters. The van der Waals surface area contributed by atoms with Crippen molar-refractivity contribution in [1.29, 1.82) is 0 Å². The Labute approximate surface area is 196 Å². The lowest BCUT2D eigenvalue weighted by Crippen LogP contribution is -2.55. The molecule has 2 N–H and O–H groups in total. The number of rotatable bonds is 4. The van der Waals surface area contributed by atoms with Gasteiger partial charge in [-0.2, -0.15) is 13.2 Å². The van der Waals surface area contributed by atoms with Crippen molar-refractivity contribution in [2.45, 2.75) is 108 Å². The fourth-order valence-corrected chi connectivity index (χ4v) is 8.94. The van der Waals surface area contributed by atoms with Gasteiger partial charge in [-0.15, -0.1) is 0 Å². The van der Waals surface area contributed by atoms with Gasteiger partial charge in [0.05, 0.1) is 12.2 Å². The summed E-state index contributed by atoms with van der Waals surface area (Å²) >= 11 is 0. The van der Waals surface area contributed by atoms with Crippen LogP contribution in [0.3, 0.4) is 0 Å². The first kappa shape index (κ1) is 24.1. The number of ether oxygens (including phenoxy) is 1. The Morgan fingerprint density at radius 1 is 1.03 bits per heavy atom. The summed E-state index contributed by atoms with van der Waals surface area (Å²) in [7, 11) is 0. The highest BCUT2D eigenvalue weighted by atomic mass is 19.4. The van der Waals surface area contributed by atoms with Gasteiger partial charge >= 0.3 is 6.18 Å². The van der Waals surface area contributed by atoms with E-state index in [2.05, 4.69) is 19.9 Å². The molecule has 1 heterocycles. The maximum absolute atomic E-state index is 13.5. The molecular weight excluding hydrogens is 429 g/mol. The fraction of sp³-hybridized carbons (Fsp3) is 0.926. The third kappa shape index (κ3) is 3.81. The Bertz CT molecular complexity index is 788. The standard InChI is InChI=1S/C27H41F3O3/c1-23-11-9-22-20(7-5-19-16-26(32,27(28,29)30)13-12-24(19,22)2)21(23)8-6-18(23)4-3-10-25(31)14-15-33-17-25/h5,18,20-22,31-32H,3-4,6-17H2,1-2H3/t18-,20-,21-,22-,23+,24-,25-,26-/m0/s1. The fourth-order valence-electron chi connectivity index (χ4n) is 8.94. The number of halogens is 3. The van der Waals surface area contributed by atoms with Crippen LogP contribution in [-0.2, 0) is 4.74 Å². The quantitative estimate of drug-likeness (QED) is 0.483. The van der Waals surface area contributed by atoms with Gasteiger partial charge in [-0.1, -0.05) is 31.9 Å². The molecule has 6 heteroatoms. The van der Waals surface area contributed by atoms with Gasteiger partial charge in [0.1, 0.15) is 0 Å². The molecule has 0 aromatic rings. The number of aliphatic hydroxyl groups is 2. The zero-order valence-electron chi connectivity index (χ0n) is 20.2. The summed E-state index contributed by atoms with van der Waals surface area (Å²) in [5.41, 5.74) is -2.22. The summed E-state index contributed by atoms with van der Waals surface area (Å²) in [6.07, 6.45) is 6.88. The first-order valence-electron chi connectivity index (χ1n) is 13.2. The van der Waals surface area contributed by atoms with Crippen molar-refractivity contribution in [2.75, 3.05) is 13.2 Å². The summed E-state index contributed by atoms with van der Waals surface area (Å²) in [5.74, 6) is 2.29. The van der Waals surface area contributed by atoms with Crippen molar-refractivity contribution >= 4 is 0 Å². The first-order valence-corrected chi connectivity index (χ1v) is 13.2. The van der Waals surface area contributed by atoms with Crippen molar-refractivity contribution < 1.29 is 28.1 Å². The van der Waals surface area contributed by atoms with Crippen LogP contribution in [0.25, 0.3) is 0 Å². The first-order chi connectivity index (χ1) is 15.4. The lowest BCUT2D eigenvalue weighted by atomic mass is 9.46. The van der Waals surface area contributed by atoms with Crippen LogP contribution in [0.5, 0.6) is 0 Å². The average Bonchev–Trinajstić information content (AvgIpc) is 3.31. The largest absolute Gasteiger partial charge is 0.417 e. The average molecular weight is 471 g/mol. The van der Waals surface area contributed by atoms with E-state index in [4.69, 9.17) is 4.74 Å². The smallest absolute Gasteiger partial charge is 0.387 e. The predicted molar refractivity (Wildman–Crippen MR) is 120 cm³/mol. The minimum absolute atomic E-state index is 0.176. The second kappa shape index (κ2) is 7.96. The van der Waals surface area contributed by atoms with Gasteiger partial charge in [-0.25, -0.2) is 0 Å². The second-order valence-corrected chi connectivity index (χ2v) is 12.7. The van der Waals surface area contributed by atoms with Crippen molar-refractivity contribution in [3.8, 4) is 0 Å². The highest BCUT2D eigenvalue weighted by Crippen LogP contribution is 2.67. The van der Waals surface area contributed by atoms with Gasteiger partial charge in [-0.05, 0) is 92.3 Å². The number of fused-ring (bicyclic) bond motifs is 5. The van der Waals surface area contributed by atoms with Crippen LogP contribution in [0.4, 0.5) is 13.2 Å². The lowest BCUT2D eigenvalue weighted by molar-refractivity contribution is -0.271. The maximum atomic E-state index is 13.5. The molecule has 0 radical (unpaired) electrons. The topological polar surface area (TPSA) is 49.7 Å². The molecule has 0 amide bonds. The van der Waals surface area contributed by atoms with Crippen molar-refractivity contribution in [1.82, 2.24) is 0 Å². The van der Waals surface area contributed by atoms with E-state index in [0.29, 0.717) is 48.7 Å². The van der Waals surface area contributed by atoms with E-state index in [1.54, 1.807) is 0 Å². The summed E-state index contributed by atoms with van der Waals surface area (Å²) < 4.78 is 46.0. The molecule has 1 saturated heterocycles. The lowest BCUT2D eigenvalue weighted by Gasteiger charge is -2.59. The van der Waals surface area contributed by atoms with Crippen LogP contribution in [0.2, 0.25) is 0 Å². The molecule has 0 aromatic heterocycles. The molecule has 4 fully saturated rings. The Morgan fingerprint density at radius 2 is 1.82 bits per heavy atom. The zero-order valence-corrected chi connectivity index (χ0v) is 20.2. The summed E-state index contributed by atoms with van der Waals surface area (Å²) in [6.45, 7) is 5.80. The molecule has 0 spiro atoms. The molecule has 0 unspecified atom stereocenters. The molecular formula is C27H41F3O3. The van der Waals surface area contributed by atoms with Crippen LogP contribution >= 0.6 is 0 Å². The van der Waals surface area contributed by atoms with Gasteiger partial charge in [-0.3, -0.25) is 0 Å². The van der Waals surface area contributed by atoms with Crippen molar-refractivity contribution in [3.05, 3.63) is 11.6 Å². The van der Waals surface area contributed by atoms with Gasteiger partial charge in [0.2, 0.25) is 0 Å². The van der Waals surface area contributed by atoms with E-state index >= 15 is 0 Å². The van der Waals surface area contributed by atoms with Crippen LogP contribution in [-0.4, -0.2) is 40.8 Å². The van der Waals surface area contributed by atoms with Crippen LogP contribution in [0, 0.1) is 34.5 Å². The Hall–Kier alpha value is -0.590. The molecule has 0 bridgehead atoms. The molecule has 5 aliphatic rings. The van der Waals surface area contributed by atoms with Crippen LogP contribution in [0.15, 0.2) is 11.6 Å². The van der Waals surface area contributed by atoms with Crippen molar-refractivity contribution in [2.24, 2.45) is 34.5 Å². The van der Waals surface area contributed by atoms with Gasteiger partial charge < -0.3 is 14.9 Å². The van der Waals surface area contributed by atoms with Gasteiger partial charge in [0.25, 0.3) is 0 Å². The van der Waals surface area contributed by atoms with Crippen molar-refractivity contribution in [3.63, 3.8) is 0 Å². The monoisotopic (exact) mass is 470 g/mol. The van der Waals surface area contributed by atoms with Crippen LogP contribution < -0.4 is 0 Å². The van der Waals surface area contributed by atoms with Gasteiger partial charge in [0, 0.05) is 19.4 Å². The highest BCUT2D eigenvalue weighted by Gasteiger charge is 2.63. The summed E-state index contributed by atoms with van der Waals surface area (Å²) in [5, 5.41) is 21.0. The van der Waals surface area contributed by atoms with E-state index in [1.807, 2.05) is 0 Å². The van der Waals surface area contributed by atoms with E-state index < -0.39 is 17.4 Å². The minimum atomic E-state index is -4.56. The van der Waals surface area contributed by atoms with E-state index in [0.717, 1.165) is 50.5 Å². The second-order valence-electron chi connectivity index (χ2n) is 12.7. The molecule has 4 aliphatic carbocycles. The SMILES string of the molecule is C[C@]12CC[C@H]3[C@@H](CC=C4C[C@](O)(C(F)(F)F)CC[C@@]43C)[C@@H]1CC[C@@H]2CCC[C@]1(O)CCOC1. The third-order valence-electron chi connectivity index (χ3n) is 11.2. The number of hydrogen-bond donors (Lipinski definition) is 2. The van der Waals surface area contributed by atoms with E-state index in [9.17, 15) is 23.4 Å². The minimum Gasteiger partial charge on any atom is -0.387 e. The Balaban J connectivity index is 1.28. The van der Waals surface area contributed by atoms with Crippen LogP contribution in [0.1, 0.15) is 90.9 Å². The molecule has 1 aliphatic heterocycles. The third-order valence-corrected chi connectivity index (χ3v) is 11.2. The highest BCUT2D eigenvalue weighted by molar-refractivity contribution is 5.27. The van der Waals surface area contributed by atoms with Gasteiger partial charge in [0.15, 0.2) is 5.60 Å². The van der Waals surface area contributed by atoms with E-state index in [1.165, 1.54) is 12.8 Å². The normalized spacial score (nSPS) is 49.8.